The summed E-state index contributed by atoms with van der Waals surface area (Å²) in [5.74, 6) is 0.647. The van der Waals surface area contributed by atoms with Gasteiger partial charge in [0.1, 0.15) is 12.4 Å². The number of aliphatic hydroxyl groups is 2. The Hall–Kier alpha value is -1.06. The summed E-state index contributed by atoms with van der Waals surface area (Å²) >= 11 is 0. The number of aliphatic hydroxyl groups excluding tert-OH is 2. The average molecular weight is 252 g/mol. The molecule has 0 radical (unpaired) electrons. The molecule has 1 aromatic rings. The molecule has 2 N–H and O–H groups in total. The molecular weight excluding hydrogens is 228 g/mol. The topological polar surface area (TPSA) is 49.7 Å². The van der Waals surface area contributed by atoms with Gasteiger partial charge in [0.25, 0.3) is 0 Å². The van der Waals surface area contributed by atoms with E-state index in [4.69, 9.17) is 4.74 Å². The first-order chi connectivity index (χ1) is 8.21. The molecule has 0 aliphatic heterocycles. The van der Waals surface area contributed by atoms with Gasteiger partial charge < -0.3 is 14.9 Å². The molecule has 1 aromatic carbocycles. The second-order valence-electron chi connectivity index (χ2n) is 5.91. The summed E-state index contributed by atoms with van der Waals surface area (Å²) in [4.78, 5) is 0. The summed E-state index contributed by atoms with van der Waals surface area (Å²) in [6, 6.07) is 5.69. The fourth-order valence-electron chi connectivity index (χ4n) is 1.53. The first-order valence-electron chi connectivity index (χ1n) is 6.31. The molecule has 102 valence electrons. The Bertz CT molecular complexity index is 391. The highest BCUT2D eigenvalue weighted by atomic mass is 16.5. The summed E-state index contributed by atoms with van der Waals surface area (Å²) in [5.41, 5.74) is 1.61. The van der Waals surface area contributed by atoms with E-state index in [9.17, 15) is 10.2 Å². The quantitative estimate of drug-likeness (QED) is 0.866. The maximum Gasteiger partial charge on any atom is 0.125 e. The van der Waals surface area contributed by atoms with Crippen LogP contribution in [0.2, 0.25) is 0 Å². The molecule has 0 spiro atoms. The number of ether oxygens (including phenoxy) is 1. The van der Waals surface area contributed by atoms with Gasteiger partial charge in [-0.25, -0.2) is 0 Å². The highest BCUT2D eigenvalue weighted by Crippen LogP contribution is 2.27. The highest BCUT2D eigenvalue weighted by Gasteiger charge is 2.23. The Kier molecular flexibility index (Phi) is 4.77. The summed E-state index contributed by atoms with van der Waals surface area (Å²) < 4.78 is 5.66. The van der Waals surface area contributed by atoms with Crippen LogP contribution >= 0.6 is 0 Å². The maximum atomic E-state index is 9.96. The van der Waals surface area contributed by atoms with Crippen molar-refractivity contribution in [3.8, 4) is 5.75 Å². The van der Waals surface area contributed by atoms with Gasteiger partial charge in [-0.3, -0.25) is 0 Å². The first kappa shape index (κ1) is 15.0. The van der Waals surface area contributed by atoms with Gasteiger partial charge in [0.2, 0.25) is 0 Å². The van der Waals surface area contributed by atoms with E-state index >= 15 is 0 Å². The minimum Gasteiger partial charge on any atom is -0.490 e. The fourth-order valence-corrected chi connectivity index (χ4v) is 1.53. The zero-order valence-electron chi connectivity index (χ0n) is 11.9. The maximum absolute atomic E-state index is 9.96. The smallest absolute Gasteiger partial charge is 0.125 e. The summed E-state index contributed by atoms with van der Waals surface area (Å²) in [5, 5.41) is 19.6. The van der Waals surface area contributed by atoms with E-state index in [1.165, 1.54) is 0 Å². The summed E-state index contributed by atoms with van der Waals surface area (Å²) in [7, 11) is 0. The van der Waals surface area contributed by atoms with Crippen LogP contribution in [0.1, 0.15) is 44.9 Å². The number of aryl methyl sites for hydroxylation is 1. The Labute approximate surface area is 109 Å². The molecule has 0 saturated carbocycles. The number of benzene rings is 1. The molecule has 0 aliphatic carbocycles. The van der Waals surface area contributed by atoms with E-state index in [1.807, 2.05) is 45.9 Å². The van der Waals surface area contributed by atoms with Crippen LogP contribution in [-0.4, -0.2) is 22.9 Å². The van der Waals surface area contributed by atoms with E-state index in [-0.39, 0.29) is 12.0 Å². The Morgan fingerprint density at radius 2 is 1.83 bits per heavy atom. The fraction of sp³-hybridized carbons (Fsp3) is 0.600. The van der Waals surface area contributed by atoms with Crippen molar-refractivity contribution in [2.75, 3.05) is 6.61 Å². The average Bonchev–Trinajstić information content (AvgIpc) is 2.24. The zero-order valence-corrected chi connectivity index (χ0v) is 11.9. The van der Waals surface area contributed by atoms with Crippen LogP contribution in [0.5, 0.6) is 5.75 Å². The third-order valence-corrected chi connectivity index (χ3v) is 3.02. The Balaban J connectivity index is 2.81. The molecule has 3 heteroatoms. The third kappa shape index (κ3) is 4.00. The van der Waals surface area contributed by atoms with Gasteiger partial charge in [-0.2, -0.15) is 0 Å². The van der Waals surface area contributed by atoms with Crippen LogP contribution in [0, 0.1) is 12.3 Å². The van der Waals surface area contributed by atoms with Crippen molar-refractivity contribution in [1.82, 2.24) is 0 Å². The van der Waals surface area contributed by atoms with Gasteiger partial charge >= 0.3 is 0 Å². The van der Waals surface area contributed by atoms with Gasteiger partial charge in [-0.1, -0.05) is 32.9 Å². The van der Waals surface area contributed by atoms with Gasteiger partial charge in [-0.15, -0.1) is 0 Å². The number of hydrogen-bond acceptors (Lipinski definition) is 3. The van der Waals surface area contributed by atoms with Crippen molar-refractivity contribution in [1.29, 1.82) is 0 Å². The molecule has 18 heavy (non-hydrogen) atoms. The lowest BCUT2D eigenvalue weighted by molar-refractivity contribution is 0.0208. The van der Waals surface area contributed by atoms with Crippen LogP contribution in [0.15, 0.2) is 18.2 Å². The standard InChI is InChI=1S/C15H24O3/c1-10-6-7-12(11(2)16)13(8-10)18-9-14(17)15(3,4)5/h6-8,11,14,16-17H,9H2,1-5H3. The van der Waals surface area contributed by atoms with Crippen molar-refractivity contribution < 1.29 is 14.9 Å². The lowest BCUT2D eigenvalue weighted by Crippen LogP contribution is -2.32. The summed E-state index contributed by atoms with van der Waals surface area (Å²) in [6.45, 7) is 9.80. The Morgan fingerprint density at radius 1 is 1.22 bits per heavy atom. The molecule has 0 heterocycles. The van der Waals surface area contributed by atoms with E-state index < -0.39 is 12.2 Å². The Morgan fingerprint density at radius 3 is 2.33 bits per heavy atom. The van der Waals surface area contributed by atoms with Gasteiger partial charge in [0.15, 0.2) is 0 Å². The lowest BCUT2D eigenvalue weighted by atomic mass is 9.90. The molecule has 0 aliphatic rings. The van der Waals surface area contributed by atoms with Crippen LogP contribution in [0.25, 0.3) is 0 Å². The van der Waals surface area contributed by atoms with E-state index in [0.717, 1.165) is 11.1 Å². The van der Waals surface area contributed by atoms with Crippen molar-refractivity contribution >= 4 is 0 Å². The molecule has 2 unspecified atom stereocenters. The second-order valence-corrected chi connectivity index (χ2v) is 5.91. The predicted octanol–water partition coefficient (Wildman–Crippen LogP) is 2.83. The van der Waals surface area contributed by atoms with Gasteiger partial charge in [0, 0.05) is 5.56 Å². The molecule has 3 nitrogen and oxygen atoms in total. The molecular formula is C15H24O3. The van der Waals surface area contributed by atoms with Crippen molar-refractivity contribution in [2.24, 2.45) is 5.41 Å². The van der Waals surface area contributed by atoms with Gasteiger partial charge in [0.05, 0.1) is 12.2 Å². The normalized spacial score (nSPS) is 15.3. The van der Waals surface area contributed by atoms with Crippen LogP contribution in [0.3, 0.4) is 0 Å². The van der Waals surface area contributed by atoms with Crippen molar-refractivity contribution in [3.63, 3.8) is 0 Å². The number of hydrogen-bond donors (Lipinski definition) is 2. The van der Waals surface area contributed by atoms with E-state index in [2.05, 4.69) is 0 Å². The lowest BCUT2D eigenvalue weighted by Gasteiger charge is -2.26. The molecule has 0 bridgehead atoms. The molecule has 0 amide bonds. The van der Waals surface area contributed by atoms with E-state index in [1.54, 1.807) is 6.92 Å². The molecule has 0 saturated heterocycles. The predicted molar refractivity (Wildman–Crippen MR) is 72.8 cm³/mol. The number of rotatable bonds is 4. The van der Waals surface area contributed by atoms with Gasteiger partial charge in [-0.05, 0) is 30.9 Å². The third-order valence-electron chi connectivity index (χ3n) is 3.02. The molecule has 2 atom stereocenters. The van der Waals surface area contributed by atoms with Crippen LogP contribution < -0.4 is 4.74 Å². The highest BCUT2D eigenvalue weighted by molar-refractivity contribution is 5.38. The van der Waals surface area contributed by atoms with Crippen molar-refractivity contribution in [2.45, 2.75) is 46.8 Å². The molecule has 0 fully saturated rings. The minimum absolute atomic E-state index is 0.213. The SMILES string of the molecule is Cc1ccc(C(C)O)c(OCC(O)C(C)(C)C)c1. The van der Waals surface area contributed by atoms with Crippen LogP contribution in [0.4, 0.5) is 0 Å². The van der Waals surface area contributed by atoms with E-state index in [0.29, 0.717) is 5.75 Å². The molecule has 0 aromatic heterocycles. The molecule has 1 rings (SSSR count). The summed E-state index contributed by atoms with van der Waals surface area (Å²) in [6.07, 6.45) is -1.12. The largest absolute Gasteiger partial charge is 0.490 e. The second kappa shape index (κ2) is 5.72. The van der Waals surface area contributed by atoms with Crippen LogP contribution in [-0.2, 0) is 0 Å². The minimum atomic E-state index is -0.577. The monoisotopic (exact) mass is 252 g/mol. The zero-order chi connectivity index (χ0) is 13.9. The van der Waals surface area contributed by atoms with Crippen molar-refractivity contribution in [3.05, 3.63) is 29.3 Å². The first-order valence-corrected chi connectivity index (χ1v) is 6.31.